The molecule has 0 fully saturated rings. The van der Waals surface area contributed by atoms with Crippen molar-refractivity contribution in [2.24, 2.45) is 0 Å². The second kappa shape index (κ2) is 13.6. The first-order valence-electron chi connectivity index (χ1n) is 12.8. The lowest BCUT2D eigenvalue weighted by atomic mass is 10.0. The van der Waals surface area contributed by atoms with E-state index in [1.165, 1.54) is 24.3 Å². The minimum Gasteiger partial charge on any atom is -0.352 e. The van der Waals surface area contributed by atoms with Crippen molar-refractivity contribution >= 4 is 39.1 Å². The summed E-state index contributed by atoms with van der Waals surface area (Å²) in [6, 6.07) is 14.8. The molecule has 0 bridgehead atoms. The van der Waals surface area contributed by atoms with Gasteiger partial charge in [-0.05, 0) is 43.7 Å². The molecular formula is C29H30ClF4N3O4S. The molecule has 226 valence electrons. The molecule has 0 radical (unpaired) electrons. The molecule has 13 heteroatoms. The van der Waals surface area contributed by atoms with E-state index < -0.39 is 64.2 Å². The minimum atomic E-state index is -4.82. The van der Waals surface area contributed by atoms with Crippen molar-refractivity contribution in [2.45, 2.75) is 45.1 Å². The number of carbonyl (C=O) groups excluding carboxylic acids is 2. The van der Waals surface area contributed by atoms with Gasteiger partial charge in [-0.2, -0.15) is 13.2 Å². The fourth-order valence-corrected chi connectivity index (χ4v) is 5.34. The molecule has 0 unspecified atom stereocenters. The maximum Gasteiger partial charge on any atom is 0.416 e. The van der Waals surface area contributed by atoms with Crippen LogP contribution < -0.4 is 9.62 Å². The lowest BCUT2D eigenvalue weighted by Gasteiger charge is -2.34. The Morgan fingerprint density at radius 3 is 2.17 bits per heavy atom. The molecular weight excluding hydrogens is 598 g/mol. The van der Waals surface area contributed by atoms with Crippen LogP contribution in [-0.4, -0.2) is 50.0 Å². The lowest BCUT2D eigenvalue weighted by molar-refractivity contribution is -0.140. The summed E-state index contributed by atoms with van der Waals surface area (Å²) in [5.41, 5.74) is -1.04. The quantitative estimate of drug-likeness (QED) is 0.287. The van der Waals surface area contributed by atoms with Gasteiger partial charge in [0, 0.05) is 24.6 Å². The molecule has 3 aromatic rings. The van der Waals surface area contributed by atoms with Crippen LogP contribution in [0.3, 0.4) is 0 Å². The van der Waals surface area contributed by atoms with Crippen LogP contribution in [0.15, 0.2) is 72.8 Å². The van der Waals surface area contributed by atoms with Crippen molar-refractivity contribution in [1.29, 1.82) is 0 Å². The van der Waals surface area contributed by atoms with Gasteiger partial charge in [-0.25, -0.2) is 12.8 Å². The van der Waals surface area contributed by atoms with Crippen LogP contribution in [-0.2, 0) is 38.8 Å². The zero-order valence-electron chi connectivity index (χ0n) is 23.0. The van der Waals surface area contributed by atoms with Crippen LogP contribution in [0.2, 0.25) is 5.02 Å². The third-order valence-corrected chi connectivity index (χ3v) is 7.67. The highest BCUT2D eigenvalue weighted by Crippen LogP contribution is 2.36. The van der Waals surface area contributed by atoms with Gasteiger partial charge in [-0.15, -0.1) is 0 Å². The van der Waals surface area contributed by atoms with Crippen LogP contribution in [0.4, 0.5) is 23.2 Å². The zero-order valence-corrected chi connectivity index (χ0v) is 24.6. The number of sulfonamides is 1. The number of halogens is 5. The normalized spacial score (nSPS) is 12.6. The Morgan fingerprint density at radius 2 is 1.60 bits per heavy atom. The van der Waals surface area contributed by atoms with E-state index in [0.717, 1.165) is 11.0 Å². The number of amides is 2. The standard InChI is InChI=1S/C29H30ClF4N3O4S/c1-19(2)35-28(39)26(15-20-9-5-4-6-10-20)36(17-21-11-7-8-12-24(21)31)27(38)18-37(42(3,40)41)25-16-22(29(32,33)34)13-14-23(25)30/h4-14,16,19,26H,15,17-18H2,1-3H3,(H,35,39)/t26-/m1/s1. The molecule has 0 aliphatic carbocycles. The van der Waals surface area contributed by atoms with E-state index in [-0.39, 0.29) is 23.0 Å². The first-order chi connectivity index (χ1) is 19.6. The van der Waals surface area contributed by atoms with Gasteiger partial charge in [0.2, 0.25) is 21.8 Å². The van der Waals surface area contributed by atoms with Crippen molar-refractivity contribution in [2.75, 3.05) is 17.1 Å². The van der Waals surface area contributed by atoms with Crippen LogP contribution in [0.5, 0.6) is 0 Å². The van der Waals surface area contributed by atoms with E-state index in [0.29, 0.717) is 28.3 Å². The molecule has 1 atom stereocenters. The summed E-state index contributed by atoms with van der Waals surface area (Å²) in [6.45, 7) is 1.99. The van der Waals surface area contributed by atoms with E-state index >= 15 is 0 Å². The first kappa shape index (κ1) is 32.9. The smallest absolute Gasteiger partial charge is 0.352 e. The Morgan fingerprint density at radius 1 is 0.976 bits per heavy atom. The van der Waals surface area contributed by atoms with E-state index in [1.54, 1.807) is 44.2 Å². The summed E-state index contributed by atoms with van der Waals surface area (Å²) in [5, 5.41) is 2.40. The van der Waals surface area contributed by atoms with Gasteiger partial charge >= 0.3 is 6.18 Å². The van der Waals surface area contributed by atoms with Crippen LogP contribution in [0.25, 0.3) is 0 Å². The molecule has 2 amide bonds. The highest BCUT2D eigenvalue weighted by molar-refractivity contribution is 7.92. The van der Waals surface area contributed by atoms with E-state index in [4.69, 9.17) is 11.6 Å². The van der Waals surface area contributed by atoms with Gasteiger partial charge < -0.3 is 10.2 Å². The Kier molecular flexibility index (Phi) is 10.6. The van der Waals surface area contributed by atoms with Gasteiger partial charge in [-0.1, -0.05) is 60.1 Å². The number of carbonyl (C=O) groups is 2. The number of nitrogens with zero attached hydrogens (tertiary/aromatic N) is 2. The molecule has 0 heterocycles. The SMILES string of the molecule is CC(C)NC(=O)[C@@H](Cc1ccccc1)N(Cc1ccccc1F)C(=O)CN(c1cc(C(F)(F)F)ccc1Cl)S(C)(=O)=O. The highest BCUT2D eigenvalue weighted by atomic mass is 35.5. The predicted octanol–water partition coefficient (Wildman–Crippen LogP) is 5.43. The van der Waals surface area contributed by atoms with Crippen molar-refractivity contribution in [3.8, 4) is 0 Å². The summed E-state index contributed by atoms with van der Waals surface area (Å²) >= 11 is 6.13. The number of rotatable bonds is 11. The fraction of sp³-hybridized carbons (Fsp3) is 0.310. The molecule has 1 N–H and O–H groups in total. The Hall–Kier alpha value is -3.64. The molecule has 0 aliphatic rings. The number of alkyl halides is 3. The Labute approximate surface area is 247 Å². The van der Waals surface area contributed by atoms with Crippen LogP contribution >= 0.6 is 11.6 Å². The number of anilines is 1. The average Bonchev–Trinajstić information content (AvgIpc) is 2.89. The lowest BCUT2D eigenvalue weighted by Crippen LogP contribution is -2.54. The summed E-state index contributed by atoms with van der Waals surface area (Å²) < 4.78 is 81.3. The average molecular weight is 628 g/mol. The minimum absolute atomic E-state index is 0.0111. The highest BCUT2D eigenvalue weighted by Gasteiger charge is 2.36. The topological polar surface area (TPSA) is 86.8 Å². The Balaban J connectivity index is 2.13. The summed E-state index contributed by atoms with van der Waals surface area (Å²) in [6.07, 6.45) is -4.12. The molecule has 0 aromatic heterocycles. The van der Waals surface area contributed by atoms with Crippen LogP contribution in [0, 0.1) is 5.82 Å². The largest absolute Gasteiger partial charge is 0.416 e. The summed E-state index contributed by atoms with van der Waals surface area (Å²) in [5.74, 6) is -2.21. The second-order valence-electron chi connectivity index (χ2n) is 9.92. The molecule has 3 rings (SSSR count). The molecule has 42 heavy (non-hydrogen) atoms. The van der Waals surface area contributed by atoms with E-state index in [2.05, 4.69) is 5.32 Å². The van der Waals surface area contributed by atoms with Crippen molar-refractivity contribution in [3.05, 3.63) is 100 Å². The monoisotopic (exact) mass is 627 g/mol. The van der Waals surface area contributed by atoms with E-state index in [1.807, 2.05) is 0 Å². The second-order valence-corrected chi connectivity index (χ2v) is 12.2. The fourth-order valence-electron chi connectivity index (χ4n) is 4.22. The predicted molar refractivity (Wildman–Crippen MR) is 153 cm³/mol. The molecule has 7 nitrogen and oxygen atoms in total. The van der Waals surface area contributed by atoms with Crippen molar-refractivity contribution in [3.63, 3.8) is 0 Å². The summed E-state index contributed by atoms with van der Waals surface area (Å²) in [4.78, 5) is 28.5. The first-order valence-corrected chi connectivity index (χ1v) is 15.0. The number of hydrogen-bond acceptors (Lipinski definition) is 4. The van der Waals surface area contributed by atoms with Gasteiger partial charge in [0.1, 0.15) is 18.4 Å². The van der Waals surface area contributed by atoms with Gasteiger partial charge in [-0.3, -0.25) is 13.9 Å². The molecule has 3 aromatic carbocycles. The van der Waals surface area contributed by atoms with E-state index in [9.17, 15) is 35.6 Å². The van der Waals surface area contributed by atoms with Gasteiger partial charge in [0.15, 0.2) is 0 Å². The molecule has 0 spiro atoms. The number of nitrogens with one attached hydrogen (secondary N) is 1. The molecule has 0 saturated carbocycles. The Bertz CT molecular complexity index is 1520. The third kappa shape index (κ3) is 8.68. The van der Waals surface area contributed by atoms with Gasteiger partial charge in [0.05, 0.1) is 22.5 Å². The third-order valence-electron chi connectivity index (χ3n) is 6.22. The number of hydrogen-bond donors (Lipinski definition) is 1. The number of benzene rings is 3. The van der Waals surface area contributed by atoms with Crippen molar-refractivity contribution in [1.82, 2.24) is 10.2 Å². The maximum atomic E-state index is 14.8. The molecule has 0 aliphatic heterocycles. The zero-order chi connectivity index (χ0) is 31.2. The van der Waals surface area contributed by atoms with Crippen molar-refractivity contribution < 1.29 is 35.6 Å². The summed E-state index contributed by atoms with van der Waals surface area (Å²) in [7, 11) is -4.38. The van der Waals surface area contributed by atoms with Crippen LogP contribution in [0.1, 0.15) is 30.5 Å². The molecule has 0 saturated heterocycles. The van der Waals surface area contributed by atoms with Gasteiger partial charge in [0.25, 0.3) is 0 Å². The maximum absolute atomic E-state index is 14.8.